The molecule has 2 heterocycles. The van der Waals surface area contributed by atoms with E-state index < -0.39 is 9.84 Å². The SMILES string of the molecule is CC1(NCc2ccoc2)CCS(=O)(=O)C1. The van der Waals surface area contributed by atoms with Crippen molar-refractivity contribution in [2.45, 2.75) is 25.4 Å². The van der Waals surface area contributed by atoms with E-state index in [1.807, 2.05) is 13.0 Å². The van der Waals surface area contributed by atoms with Crippen molar-refractivity contribution in [3.8, 4) is 0 Å². The lowest BCUT2D eigenvalue weighted by Crippen LogP contribution is -2.42. The quantitative estimate of drug-likeness (QED) is 0.838. The van der Waals surface area contributed by atoms with E-state index in [4.69, 9.17) is 4.42 Å². The first kappa shape index (κ1) is 10.7. The number of hydrogen-bond acceptors (Lipinski definition) is 4. The molecule has 0 radical (unpaired) electrons. The van der Waals surface area contributed by atoms with Gasteiger partial charge < -0.3 is 9.73 Å². The number of hydrogen-bond donors (Lipinski definition) is 1. The van der Waals surface area contributed by atoms with Crippen LogP contribution in [-0.2, 0) is 16.4 Å². The first-order chi connectivity index (χ1) is 6.99. The molecule has 0 aromatic carbocycles. The fraction of sp³-hybridized carbons (Fsp3) is 0.600. The van der Waals surface area contributed by atoms with Crippen LogP contribution in [0.2, 0.25) is 0 Å². The number of sulfone groups is 1. The summed E-state index contributed by atoms with van der Waals surface area (Å²) in [5.41, 5.74) is 0.761. The van der Waals surface area contributed by atoms with Gasteiger partial charge >= 0.3 is 0 Å². The highest BCUT2D eigenvalue weighted by molar-refractivity contribution is 7.91. The predicted octanol–water partition coefficient (Wildman–Crippen LogP) is 0.946. The summed E-state index contributed by atoms with van der Waals surface area (Å²) in [7, 11) is -2.83. The summed E-state index contributed by atoms with van der Waals surface area (Å²) in [6, 6.07) is 1.87. The van der Waals surface area contributed by atoms with Gasteiger partial charge in [-0.3, -0.25) is 0 Å². The summed E-state index contributed by atoms with van der Waals surface area (Å²) in [6.45, 7) is 2.61. The normalized spacial score (nSPS) is 29.4. The van der Waals surface area contributed by atoms with Gasteiger partial charge in [-0.25, -0.2) is 8.42 Å². The molecule has 1 atom stereocenters. The molecule has 2 rings (SSSR count). The molecule has 5 heteroatoms. The van der Waals surface area contributed by atoms with E-state index in [1.54, 1.807) is 12.5 Å². The van der Waals surface area contributed by atoms with Gasteiger partial charge in [0.1, 0.15) is 0 Å². The molecule has 1 aliphatic heterocycles. The molecule has 15 heavy (non-hydrogen) atoms. The van der Waals surface area contributed by atoms with Crippen LogP contribution in [0.15, 0.2) is 23.0 Å². The predicted molar refractivity (Wildman–Crippen MR) is 57.2 cm³/mol. The van der Waals surface area contributed by atoms with Crippen LogP contribution in [0.1, 0.15) is 18.9 Å². The summed E-state index contributed by atoms with van der Waals surface area (Å²) in [5.74, 6) is 0.528. The lowest BCUT2D eigenvalue weighted by atomic mass is 10.0. The Balaban J connectivity index is 1.95. The van der Waals surface area contributed by atoms with Crippen molar-refractivity contribution in [3.63, 3.8) is 0 Å². The molecule has 1 aromatic rings. The Morgan fingerprint density at radius 1 is 1.60 bits per heavy atom. The van der Waals surface area contributed by atoms with E-state index in [0.29, 0.717) is 18.7 Å². The van der Waals surface area contributed by atoms with Gasteiger partial charge in [-0.15, -0.1) is 0 Å². The van der Waals surface area contributed by atoms with Crippen molar-refractivity contribution in [2.24, 2.45) is 0 Å². The average molecular weight is 229 g/mol. The highest BCUT2D eigenvalue weighted by atomic mass is 32.2. The van der Waals surface area contributed by atoms with Crippen LogP contribution in [0, 0.1) is 0 Å². The van der Waals surface area contributed by atoms with Crippen molar-refractivity contribution in [3.05, 3.63) is 24.2 Å². The molecule has 0 saturated carbocycles. The van der Waals surface area contributed by atoms with E-state index in [9.17, 15) is 8.42 Å². The minimum atomic E-state index is -2.83. The molecule has 1 aliphatic rings. The number of rotatable bonds is 3. The Hall–Kier alpha value is -0.810. The van der Waals surface area contributed by atoms with Gasteiger partial charge in [0, 0.05) is 17.6 Å². The summed E-state index contributed by atoms with van der Waals surface area (Å²) in [4.78, 5) is 0. The first-order valence-corrected chi connectivity index (χ1v) is 6.78. The van der Waals surface area contributed by atoms with E-state index >= 15 is 0 Å². The largest absolute Gasteiger partial charge is 0.472 e. The van der Waals surface area contributed by atoms with Crippen molar-refractivity contribution >= 4 is 9.84 Å². The molecule has 1 aromatic heterocycles. The van der Waals surface area contributed by atoms with Gasteiger partial charge in [-0.2, -0.15) is 0 Å². The Morgan fingerprint density at radius 2 is 2.40 bits per heavy atom. The van der Waals surface area contributed by atoms with E-state index in [1.165, 1.54) is 0 Å². The topological polar surface area (TPSA) is 59.3 Å². The zero-order valence-electron chi connectivity index (χ0n) is 8.69. The van der Waals surface area contributed by atoms with Gasteiger partial charge in [0.15, 0.2) is 9.84 Å². The van der Waals surface area contributed by atoms with Gasteiger partial charge in [0.25, 0.3) is 0 Å². The van der Waals surface area contributed by atoms with Gasteiger partial charge in [-0.05, 0) is 19.4 Å². The molecular weight excluding hydrogens is 214 g/mol. The van der Waals surface area contributed by atoms with E-state index in [-0.39, 0.29) is 11.3 Å². The molecule has 0 spiro atoms. The molecule has 84 valence electrons. The number of furan rings is 1. The fourth-order valence-corrected chi connectivity index (χ4v) is 3.98. The van der Waals surface area contributed by atoms with E-state index in [2.05, 4.69) is 5.32 Å². The van der Waals surface area contributed by atoms with Crippen LogP contribution in [0.5, 0.6) is 0 Å². The minimum absolute atomic E-state index is 0.234. The molecule has 0 bridgehead atoms. The first-order valence-electron chi connectivity index (χ1n) is 4.96. The standard InChI is InChI=1S/C10H15NO3S/c1-10(3-5-15(12,13)8-10)11-6-9-2-4-14-7-9/h2,4,7,11H,3,5-6,8H2,1H3. The van der Waals surface area contributed by atoms with E-state index in [0.717, 1.165) is 5.56 Å². The minimum Gasteiger partial charge on any atom is -0.472 e. The van der Waals surface area contributed by atoms with Crippen LogP contribution in [0.3, 0.4) is 0 Å². The maximum atomic E-state index is 11.3. The Labute approximate surface area is 89.6 Å². The van der Waals surface area contributed by atoms with Crippen LogP contribution in [0.4, 0.5) is 0 Å². The maximum Gasteiger partial charge on any atom is 0.152 e. The molecule has 1 N–H and O–H groups in total. The van der Waals surface area contributed by atoms with Gasteiger partial charge in [-0.1, -0.05) is 0 Å². The smallest absolute Gasteiger partial charge is 0.152 e. The number of nitrogens with one attached hydrogen (secondary N) is 1. The van der Waals surface area contributed by atoms with Crippen LogP contribution < -0.4 is 5.32 Å². The average Bonchev–Trinajstić information content (AvgIpc) is 2.71. The summed E-state index contributed by atoms with van der Waals surface area (Å²) < 4.78 is 27.6. The molecule has 4 nitrogen and oxygen atoms in total. The lowest BCUT2D eigenvalue weighted by molar-refractivity contribution is 0.394. The van der Waals surface area contributed by atoms with Crippen LogP contribution >= 0.6 is 0 Å². The lowest BCUT2D eigenvalue weighted by Gasteiger charge is -2.23. The molecule has 0 amide bonds. The van der Waals surface area contributed by atoms with Gasteiger partial charge in [0.2, 0.25) is 0 Å². The fourth-order valence-electron chi connectivity index (χ4n) is 1.86. The Morgan fingerprint density at radius 3 is 2.93 bits per heavy atom. The summed E-state index contributed by atoms with van der Waals surface area (Å²) in [5, 5.41) is 3.28. The van der Waals surface area contributed by atoms with Crippen LogP contribution in [-0.4, -0.2) is 25.5 Å². The van der Waals surface area contributed by atoms with Crippen molar-refractivity contribution in [1.29, 1.82) is 0 Å². The second-order valence-electron chi connectivity index (χ2n) is 4.39. The highest BCUT2D eigenvalue weighted by Crippen LogP contribution is 2.23. The third kappa shape index (κ3) is 2.60. The van der Waals surface area contributed by atoms with Crippen LogP contribution in [0.25, 0.3) is 0 Å². The second-order valence-corrected chi connectivity index (χ2v) is 6.57. The second kappa shape index (κ2) is 3.64. The summed E-state index contributed by atoms with van der Waals surface area (Å²) >= 11 is 0. The van der Waals surface area contributed by atoms with Crippen molar-refractivity contribution in [2.75, 3.05) is 11.5 Å². The monoisotopic (exact) mass is 229 g/mol. The maximum absolute atomic E-state index is 11.3. The molecule has 1 fully saturated rings. The third-order valence-corrected chi connectivity index (χ3v) is 4.71. The Bertz CT molecular complexity index is 424. The molecular formula is C10H15NO3S. The highest BCUT2D eigenvalue weighted by Gasteiger charge is 2.37. The molecule has 1 unspecified atom stereocenters. The summed E-state index contributed by atoms with van der Waals surface area (Å²) in [6.07, 6.45) is 3.97. The molecule has 1 saturated heterocycles. The van der Waals surface area contributed by atoms with Crippen molar-refractivity contribution < 1.29 is 12.8 Å². The van der Waals surface area contributed by atoms with Crippen molar-refractivity contribution in [1.82, 2.24) is 5.32 Å². The molecule has 0 aliphatic carbocycles. The third-order valence-electron chi connectivity index (χ3n) is 2.80. The Kier molecular flexibility index (Phi) is 2.60. The zero-order valence-corrected chi connectivity index (χ0v) is 9.51. The van der Waals surface area contributed by atoms with Gasteiger partial charge in [0.05, 0.1) is 24.0 Å². The zero-order chi connectivity index (χ0) is 10.9.